The van der Waals surface area contributed by atoms with Gasteiger partial charge >= 0.3 is 5.97 Å². The van der Waals surface area contributed by atoms with Crippen LogP contribution in [0.1, 0.15) is 50.3 Å². The normalized spacial score (nSPS) is 11.4. The van der Waals surface area contributed by atoms with Crippen molar-refractivity contribution < 1.29 is 19.1 Å². The van der Waals surface area contributed by atoms with Gasteiger partial charge < -0.3 is 14.8 Å². The van der Waals surface area contributed by atoms with Crippen molar-refractivity contribution in [3.05, 3.63) is 65.2 Å². The van der Waals surface area contributed by atoms with Gasteiger partial charge in [0, 0.05) is 17.2 Å². The van der Waals surface area contributed by atoms with Crippen LogP contribution in [0, 0.1) is 19.3 Å². The molecular formula is C26H33NO4. The number of ether oxygens (including phenoxy) is 2. The molecular weight excluding hydrogens is 390 g/mol. The summed E-state index contributed by atoms with van der Waals surface area (Å²) < 4.78 is 10.8. The van der Waals surface area contributed by atoms with E-state index in [1.54, 1.807) is 13.0 Å². The van der Waals surface area contributed by atoms with E-state index in [0.717, 1.165) is 29.0 Å². The molecule has 0 aliphatic heterocycles. The Kier molecular flexibility index (Phi) is 8.86. The number of rotatable bonds is 10. The molecule has 0 spiro atoms. The summed E-state index contributed by atoms with van der Waals surface area (Å²) in [5, 5.41) is 2.97. The Morgan fingerprint density at radius 3 is 2.45 bits per heavy atom. The van der Waals surface area contributed by atoms with Gasteiger partial charge in [0.05, 0.1) is 13.2 Å². The van der Waals surface area contributed by atoms with Crippen molar-refractivity contribution in [3.63, 3.8) is 0 Å². The molecule has 5 heteroatoms. The first kappa shape index (κ1) is 24.2. The van der Waals surface area contributed by atoms with Crippen LogP contribution >= 0.6 is 0 Å². The van der Waals surface area contributed by atoms with E-state index < -0.39 is 5.41 Å². The molecule has 0 bridgehead atoms. The second-order valence-corrected chi connectivity index (χ2v) is 8.27. The first-order valence-corrected chi connectivity index (χ1v) is 10.7. The monoisotopic (exact) mass is 423 g/mol. The summed E-state index contributed by atoms with van der Waals surface area (Å²) in [5.74, 6) is 0.497. The maximum Gasteiger partial charge on any atom is 0.330 e. The highest BCUT2D eigenvalue weighted by atomic mass is 16.5. The van der Waals surface area contributed by atoms with Crippen LogP contribution in [0.5, 0.6) is 5.75 Å². The van der Waals surface area contributed by atoms with E-state index in [-0.39, 0.29) is 11.9 Å². The largest absolute Gasteiger partial charge is 0.493 e. The van der Waals surface area contributed by atoms with E-state index in [9.17, 15) is 9.59 Å². The third-order valence-corrected chi connectivity index (χ3v) is 5.03. The molecule has 0 fully saturated rings. The van der Waals surface area contributed by atoms with Gasteiger partial charge in [-0.15, -0.1) is 0 Å². The molecule has 1 amide bonds. The summed E-state index contributed by atoms with van der Waals surface area (Å²) in [4.78, 5) is 24.1. The van der Waals surface area contributed by atoms with Gasteiger partial charge in [-0.1, -0.05) is 38.1 Å². The molecule has 0 aromatic heterocycles. The van der Waals surface area contributed by atoms with Gasteiger partial charge in [-0.25, -0.2) is 4.79 Å². The molecule has 0 saturated heterocycles. The molecule has 31 heavy (non-hydrogen) atoms. The average Bonchev–Trinajstić information content (AvgIpc) is 2.73. The third kappa shape index (κ3) is 7.93. The number of carbonyl (C=O) groups is 2. The lowest BCUT2D eigenvalue weighted by Crippen LogP contribution is -2.31. The van der Waals surface area contributed by atoms with Gasteiger partial charge in [0.15, 0.2) is 0 Å². The molecule has 2 aromatic rings. The summed E-state index contributed by atoms with van der Waals surface area (Å²) in [6.45, 7) is 10.6. The topological polar surface area (TPSA) is 64.6 Å². The van der Waals surface area contributed by atoms with Crippen LogP contribution < -0.4 is 10.1 Å². The van der Waals surface area contributed by atoms with Gasteiger partial charge in [-0.3, -0.25) is 4.79 Å². The van der Waals surface area contributed by atoms with E-state index >= 15 is 0 Å². The van der Waals surface area contributed by atoms with E-state index in [1.165, 1.54) is 11.6 Å². The third-order valence-electron chi connectivity index (χ3n) is 5.03. The number of benzene rings is 2. The number of esters is 1. The summed E-state index contributed by atoms with van der Waals surface area (Å²) >= 11 is 0. The highest BCUT2D eigenvalue weighted by Crippen LogP contribution is 2.26. The van der Waals surface area contributed by atoms with Crippen LogP contribution in [0.25, 0.3) is 6.08 Å². The molecule has 2 aromatic carbocycles. The predicted octanol–water partition coefficient (Wildman–Crippen LogP) is 5.70. The summed E-state index contributed by atoms with van der Waals surface area (Å²) in [7, 11) is 0. The zero-order chi connectivity index (χ0) is 22.9. The van der Waals surface area contributed by atoms with E-state index in [1.807, 2.05) is 58.0 Å². The van der Waals surface area contributed by atoms with Crippen molar-refractivity contribution in [1.29, 1.82) is 0 Å². The second-order valence-electron chi connectivity index (χ2n) is 8.27. The lowest BCUT2D eigenvalue weighted by atomic mass is 9.87. The molecule has 0 radical (unpaired) electrons. The molecule has 5 nitrogen and oxygen atoms in total. The fourth-order valence-corrected chi connectivity index (χ4v) is 3.01. The minimum Gasteiger partial charge on any atom is -0.493 e. The lowest BCUT2D eigenvalue weighted by molar-refractivity contribution is -0.137. The lowest BCUT2D eigenvalue weighted by Gasteiger charge is -2.23. The Bertz CT molecular complexity index is 914. The quantitative estimate of drug-likeness (QED) is 0.302. The van der Waals surface area contributed by atoms with Crippen LogP contribution in [0.3, 0.4) is 0 Å². The van der Waals surface area contributed by atoms with Gasteiger partial charge in [-0.2, -0.15) is 0 Å². The highest BCUT2D eigenvalue weighted by Gasteiger charge is 2.27. The molecule has 0 atom stereocenters. The van der Waals surface area contributed by atoms with Crippen LogP contribution in [0.4, 0.5) is 5.69 Å². The molecule has 2 rings (SSSR count). The molecule has 0 saturated carbocycles. The molecule has 0 heterocycles. The van der Waals surface area contributed by atoms with Crippen LogP contribution in [-0.4, -0.2) is 25.1 Å². The number of hydrogen-bond donors (Lipinski definition) is 1. The average molecular weight is 424 g/mol. The minimum atomic E-state index is -0.520. The van der Waals surface area contributed by atoms with E-state index in [0.29, 0.717) is 19.6 Å². The fraction of sp³-hybridized carbons (Fsp3) is 0.385. The molecule has 166 valence electrons. The van der Waals surface area contributed by atoms with Crippen molar-refractivity contribution >= 4 is 23.6 Å². The fourth-order valence-electron chi connectivity index (χ4n) is 3.01. The summed E-state index contributed by atoms with van der Waals surface area (Å²) in [6.07, 6.45) is 4.57. The number of amides is 1. The van der Waals surface area contributed by atoms with Crippen LogP contribution in [0.2, 0.25) is 0 Å². The minimum absolute atomic E-state index is 0.0333. The van der Waals surface area contributed by atoms with Crippen molar-refractivity contribution in [1.82, 2.24) is 0 Å². The van der Waals surface area contributed by atoms with Crippen molar-refractivity contribution in [2.45, 2.75) is 47.5 Å². The first-order valence-electron chi connectivity index (χ1n) is 10.7. The standard InChI is InChI=1S/C26H33NO4/c1-6-30-24(28)15-12-21-10-13-22(14-11-21)27-25(29)26(4,5)16-7-17-31-23-18-19(2)8-9-20(23)3/h8-15,18H,6-7,16-17H2,1-5H3,(H,27,29)/b15-12+. The van der Waals surface area contributed by atoms with Crippen molar-refractivity contribution in [2.24, 2.45) is 5.41 Å². The zero-order valence-corrected chi connectivity index (χ0v) is 19.2. The van der Waals surface area contributed by atoms with Gasteiger partial charge in [0.2, 0.25) is 5.91 Å². The Labute approximate surface area is 185 Å². The summed E-state index contributed by atoms with van der Waals surface area (Å²) in [5.41, 5.74) is 3.34. The summed E-state index contributed by atoms with van der Waals surface area (Å²) in [6, 6.07) is 13.5. The van der Waals surface area contributed by atoms with Gasteiger partial charge in [0.1, 0.15) is 5.75 Å². The Morgan fingerprint density at radius 2 is 1.77 bits per heavy atom. The number of carbonyl (C=O) groups excluding carboxylic acids is 2. The molecule has 0 unspecified atom stereocenters. The molecule has 1 N–H and O–H groups in total. The van der Waals surface area contributed by atoms with Crippen LogP contribution in [-0.2, 0) is 14.3 Å². The maximum absolute atomic E-state index is 12.7. The number of nitrogens with one attached hydrogen (secondary N) is 1. The Balaban J connectivity index is 1.83. The zero-order valence-electron chi connectivity index (χ0n) is 19.2. The smallest absolute Gasteiger partial charge is 0.330 e. The van der Waals surface area contributed by atoms with Crippen molar-refractivity contribution in [3.8, 4) is 5.75 Å². The maximum atomic E-state index is 12.7. The Hall–Kier alpha value is -3.08. The van der Waals surface area contributed by atoms with Crippen molar-refractivity contribution in [2.75, 3.05) is 18.5 Å². The highest BCUT2D eigenvalue weighted by molar-refractivity contribution is 5.95. The predicted molar refractivity (Wildman–Crippen MR) is 125 cm³/mol. The SMILES string of the molecule is CCOC(=O)/C=C/c1ccc(NC(=O)C(C)(C)CCCOc2cc(C)ccc2C)cc1. The number of aryl methyl sites for hydroxylation is 2. The van der Waals surface area contributed by atoms with Gasteiger partial charge in [0.25, 0.3) is 0 Å². The Morgan fingerprint density at radius 1 is 1.06 bits per heavy atom. The first-order chi connectivity index (χ1) is 14.7. The van der Waals surface area contributed by atoms with E-state index in [4.69, 9.17) is 9.47 Å². The van der Waals surface area contributed by atoms with E-state index in [2.05, 4.69) is 17.4 Å². The molecule has 0 aliphatic carbocycles. The van der Waals surface area contributed by atoms with Gasteiger partial charge in [-0.05, 0) is 74.6 Å². The second kappa shape index (κ2) is 11.3. The van der Waals surface area contributed by atoms with Crippen LogP contribution in [0.15, 0.2) is 48.5 Å². The number of hydrogen-bond acceptors (Lipinski definition) is 4. The number of anilines is 1. The molecule has 0 aliphatic rings.